The number of aromatic amines is 1. The Hall–Kier alpha value is -0.650. The molecule has 16 heavy (non-hydrogen) atoms. The summed E-state index contributed by atoms with van der Waals surface area (Å²) in [4.78, 5) is 13.7. The first-order valence-electron chi connectivity index (χ1n) is 5.60. The highest BCUT2D eigenvalue weighted by molar-refractivity contribution is 7.07. The predicted octanol–water partition coefficient (Wildman–Crippen LogP) is 1.30. The molecule has 0 spiro atoms. The van der Waals surface area contributed by atoms with E-state index in [0.717, 1.165) is 31.7 Å². The third-order valence-electron chi connectivity index (χ3n) is 2.07. The van der Waals surface area contributed by atoms with Gasteiger partial charge in [-0.05, 0) is 40.3 Å². The SMILES string of the molecule is CC(C)(C)NCCCNCc1csc(=O)[nH]1. The molecule has 1 aromatic rings. The molecule has 4 nitrogen and oxygen atoms in total. The fourth-order valence-electron chi connectivity index (χ4n) is 1.30. The molecule has 0 aromatic carbocycles. The van der Waals surface area contributed by atoms with Gasteiger partial charge in [-0.25, -0.2) is 0 Å². The molecule has 1 rings (SSSR count). The standard InChI is InChI=1S/C11H21N3OS/c1-11(2,3)13-6-4-5-12-7-9-8-16-10(15)14-9/h8,12-13H,4-7H2,1-3H3,(H,14,15). The lowest BCUT2D eigenvalue weighted by atomic mass is 10.1. The highest BCUT2D eigenvalue weighted by Gasteiger charge is 2.06. The molecule has 0 radical (unpaired) electrons. The Morgan fingerprint density at radius 3 is 2.69 bits per heavy atom. The molecule has 0 aliphatic heterocycles. The summed E-state index contributed by atoms with van der Waals surface area (Å²) < 4.78 is 0. The van der Waals surface area contributed by atoms with Gasteiger partial charge in [-0.3, -0.25) is 4.79 Å². The molecular weight excluding hydrogens is 222 g/mol. The molecule has 0 saturated carbocycles. The monoisotopic (exact) mass is 243 g/mol. The molecule has 0 saturated heterocycles. The molecule has 0 aliphatic rings. The Morgan fingerprint density at radius 2 is 2.12 bits per heavy atom. The average molecular weight is 243 g/mol. The molecule has 0 bridgehead atoms. The smallest absolute Gasteiger partial charge is 0.304 e. The van der Waals surface area contributed by atoms with Crippen molar-refractivity contribution in [2.24, 2.45) is 0 Å². The molecule has 3 N–H and O–H groups in total. The van der Waals surface area contributed by atoms with Gasteiger partial charge >= 0.3 is 4.87 Å². The third-order valence-corrected chi connectivity index (χ3v) is 2.79. The maximum atomic E-state index is 10.9. The average Bonchev–Trinajstić information content (AvgIpc) is 2.56. The lowest BCUT2D eigenvalue weighted by molar-refractivity contribution is 0.418. The van der Waals surface area contributed by atoms with Gasteiger partial charge in [0.15, 0.2) is 0 Å². The molecule has 0 fully saturated rings. The number of thiazole rings is 1. The van der Waals surface area contributed by atoms with E-state index in [1.807, 2.05) is 5.38 Å². The van der Waals surface area contributed by atoms with Crippen molar-refractivity contribution in [2.45, 2.75) is 39.3 Å². The number of H-pyrrole nitrogens is 1. The van der Waals surface area contributed by atoms with Crippen LogP contribution in [0.2, 0.25) is 0 Å². The predicted molar refractivity (Wildman–Crippen MR) is 69.0 cm³/mol. The Balaban J connectivity index is 2.02. The van der Waals surface area contributed by atoms with Gasteiger partial charge in [-0.15, -0.1) is 0 Å². The van der Waals surface area contributed by atoms with Gasteiger partial charge < -0.3 is 15.6 Å². The van der Waals surface area contributed by atoms with Crippen LogP contribution >= 0.6 is 11.3 Å². The highest BCUT2D eigenvalue weighted by Crippen LogP contribution is 1.98. The number of nitrogens with one attached hydrogen (secondary N) is 3. The summed E-state index contributed by atoms with van der Waals surface area (Å²) in [5.74, 6) is 0. The molecule has 0 aliphatic carbocycles. The van der Waals surface area contributed by atoms with Gasteiger partial charge in [-0.2, -0.15) is 0 Å². The zero-order valence-corrected chi connectivity index (χ0v) is 11.0. The first-order chi connectivity index (χ1) is 7.47. The van der Waals surface area contributed by atoms with Crippen LogP contribution in [-0.4, -0.2) is 23.6 Å². The summed E-state index contributed by atoms with van der Waals surface area (Å²) in [7, 11) is 0. The molecule has 0 unspecified atom stereocenters. The number of aromatic nitrogens is 1. The van der Waals surface area contributed by atoms with E-state index in [2.05, 4.69) is 36.4 Å². The van der Waals surface area contributed by atoms with Crippen molar-refractivity contribution in [1.29, 1.82) is 0 Å². The second-order valence-corrected chi connectivity index (χ2v) is 5.72. The van der Waals surface area contributed by atoms with E-state index >= 15 is 0 Å². The Bertz CT molecular complexity index is 351. The van der Waals surface area contributed by atoms with Crippen LogP contribution in [0, 0.1) is 0 Å². The molecular formula is C11H21N3OS. The number of rotatable bonds is 6. The van der Waals surface area contributed by atoms with E-state index in [0.29, 0.717) is 0 Å². The van der Waals surface area contributed by atoms with Crippen LogP contribution in [0.3, 0.4) is 0 Å². The molecule has 0 amide bonds. The minimum Gasteiger partial charge on any atom is -0.315 e. The minimum atomic E-state index is 0.0196. The number of hydrogen-bond donors (Lipinski definition) is 3. The van der Waals surface area contributed by atoms with Crippen molar-refractivity contribution in [2.75, 3.05) is 13.1 Å². The van der Waals surface area contributed by atoms with Crippen molar-refractivity contribution in [1.82, 2.24) is 15.6 Å². The summed E-state index contributed by atoms with van der Waals surface area (Å²) in [6.07, 6.45) is 1.09. The van der Waals surface area contributed by atoms with Gasteiger partial charge in [0.1, 0.15) is 0 Å². The van der Waals surface area contributed by atoms with E-state index in [1.54, 1.807) is 0 Å². The second kappa shape index (κ2) is 6.18. The van der Waals surface area contributed by atoms with Gasteiger partial charge in [0, 0.05) is 23.2 Å². The second-order valence-electron chi connectivity index (χ2n) is 4.88. The van der Waals surface area contributed by atoms with Crippen LogP contribution in [0.15, 0.2) is 10.2 Å². The summed E-state index contributed by atoms with van der Waals surface area (Å²) in [6.45, 7) is 9.20. The van der Waals surface area contributed by atoms with Crippen LogP contribution < -0.4 is 15.5 Å². The largest absolute Gasteiger partial charge is 0.315 e. The van der Waals surface area contributed by atoms with Crippen molar-refractivity contribution < 1.29 is 0 Å². The van der Waals surface area contributed by atoms with Gasteiger partial charge in [0.05, 0.1) is 0 Å². The molecule has 92 valence electrons. The third kappa shape index (κ3) is 6.05. The van der Waals surface area contributed by atoms with Crippen LogP contribution in [-0.2, 0) is 6.54 Å². The number of hydrogen-bond acceptors (Lipinski definition) is 4. The summed E-state index contributed by atoms with van der Waals surface area (Å²) >= 11 is 1.21. The Morgan fingerprint density at radius 1 is 1.38 bits per heavy atom. The topological polar surface area (TPSA) is 56.9 Å². The fraction of sp³-hybridized carbons (Fsp3) is 0.727. The Kier molecular flexibility index (Phi) is 5.18. The lowest BCUT2D eigenvalue weighted by Gasteiger charge is -2.20. The first-order valence-corrected chi connectivity index (χ1v) is 6.48. The maximum Gasteiger partial charge on any atom is 0.304 e. The molecule has 0 atom stereocenters. The first kappa shape index (κ1) is 13.4. The van der Waals surface area contributed by atoms with E-state index in [1.165, 1.54) is 11.3 Å². The van der Waals surface area contributed by atoms with E-state index < -0.39 is 0 Å². The van der Waals surface area contributed by atoms with Gasteiger partial charge in [0.25, 0.3) is 0 Å². The maximum absolute atomic E-state index is 10.9. The van der Waals surface area contributed by atoms with E-state index in [9.17, 15) is 4.79 Å². The normalized spacial score (nSPS) is 11.9. The highest BCUT2D eigenvalue weighted by atomic mass is 32.1. The van der Waals surface area contributed by atoms with E-state index in [-0.39, 0.29) is 10.4 Å². The van der Waals surface area contributed by atoms with Crippen LogP contribution in [0.4, 0.5) is 0 Å². The zero-order chi connectivity index (χ0) is 12.0. The molecule has 1 heterocycles. The molecule has 5 heteroatoms. The summed E-state index contributed by atoms with van der Waals surface area (Å²) in [5.41, 5.74) is 1.16. The molecule has 1 aromatic heterocycles. The lowest BCUT2D eigenvalue weighted by Crippen LogP contribution is -2.37. The minimum absolute atomic E-state index is 0.0196. The fourth-order valence-corrected chi connectivity index (χ4v) is 1.88. The van der Waals surface area contributed by atoms with E-state index in [4.69, 9.17) is 0 Å². The van der Waals surface area contributed by atoms with Crippen LogP contribution in [0.1, 0.15) is 32.9 Å². The van der Waals surface area contributed by atoms with Crippen molar-refractivity contribution in [3.05, 3.63) is 20.7 Å². The van der Waals surface area contributed by atoms with Crippen molar-refractivity contribution in [3.8, 4) is 0 Å². The summed E-state index contributed by atoms with van der Waals surface area (Å²) in [6, 6.07) is 0. The van der Waals surface area contributed by atoms with Crippen LogP contribution in [0.25, 0.3) is 0 Å². The Labute approximate surface area is 100 Å². The van der Waals surface area contributed by atoms with Crippen molar-refractivity contribution in [3.63, 3.8) is 0 Å². The summed E-state index contributed by atoms with van der Waals surface area (Å²) in [5, 5.41) is 8.59. The van der Waals surface area contributed by atoms with Gasteiger partial charge in [0.2, 0.25) is 0 Å². The van der Waals surface area contributed by atoms with Crippen LogP contribution in [0.5, 0.6) is 0 Å². The van der Waals surface area contributed by atoms with Crippen molar-refractivity contribution >= 4 is 11.3 Å². The zero-order valence-electron chi connectivity index (χ0n) is 10.2. The van der Waals surface area contributed by atoms with Gasteiger partial charge in [-0.1, -0.05) is 11.3 Å². The quantitative estimate of drug-likeness (QED) is 0.660.